The molecule has 5 heteroatoms. The summed E-state index contributed by atoms with van der Waals surface area (Å²) >= 11 is 3.43. The molecule has 0 saturated heterocycles. The van der Waals surface area contributed by atoms with E-state index in [4.69, 9.17) is 0 Å². The van der Waals surface area contributed by atoms with Crippen LogP contribution in [0.15, 0.2) is 28.7 Å². The lowest BCUT2D eigenvalue weighted by molar-refractivity contribution is -0.686. The van der Waals surface area contributed by atoms with E-state index in [-0.39, 0.29) is 11.9 Å². The Hall–Kier alpha value is -1.38. The van der Waals surface area contributed by atoms with Crippen molar-refractivity contribution in [2.24, 2.45) is 5.92 Å². The molecule has 0 heterocycles. The fourth-order valence-electron chi connectivity index (χ4n) is 2.72. The van der Waals surface area contributed by atoms with Crippen molar-refractivity contribution < 1.29 is 10.1 Å². The zero-order valence-corrected chi connectivity index (χ0v) is 14.7. The smallest absolute Gasteiger partial charge is 0.276 e. The van der Waals surface area contributed by atoms with Crippen molar-refractivity contribution in [3.05, 3.63) is 34.3 Å². The number of nitriles is 1. The van der Waals surface area contributed by atoms with Crippen LogP contribution in [0.2, 0.25) is 0 Å². The summed E-state index contributed by atoms with van der Waals surface area (Å²) in [5, 5.41) is 14.2. The number of carbonyl (C=O) groups excluding carboxylic acids is 1. The highest BCUT2D eigenvalue weighted by molar-refractivity contribution is 9.10. The zero-order valence-electron chi connectivity index (χ0n) is 13.1. The summed E-state index contributed by atoms with van der Waals surface area (Å²) in [6.07, 6.45) is 3.02. The SMILES string of the molecule is CC[C@@H]([NH2+]CC(=O)N[C@@](C)(C#N)C1CC1)c1ccc(Br)cc1. The molecule has 1 aliphatic rings. The van der Waals surface area contributed by atoms with E-state index in [1.807, 2.05) is 24.4 Å². The molecule has 3 N–H and O–H groups in total. The van der Waals surface area contributed by atoms with Crippen LogP contribution in [0.3, 0.4) is 0 Å². The molecule has 2 atom stereocenters. The van der Waals surface area contributed by atoms with Crippen LogP contribution in [0, 0.1) is 17.2 Å². The molecule has 1 fully saturated rings. The summed E-state index contributed by atoms with van der Waals surface area (Å²) in [6, 6.07) is 10.7. The van der Waals surface area contributed by atoms with E-state index in [1.165, 1.54) is 5.56 Å². The van der Waals surface area contributed by atoms with E-state index in [0.29, 0.717) is 12.5 Å². The summed E-state index contributed by atoms with van der Waals surface area (Å²) in [5.41, 5.74) is 0.508. The number of amides is 1. The third kappa shape index (κ3) is 4.31. The lowest BCUT2D eigenvalue weighted by Crippen LogP contribution is -2.87. The number of carbonyl (C=O) groups is 1. The van der Waals surface area contributed by atoms with Crippen molar-refractivity contribution in [3.63, 3.8) is 0 Å². The van der Waals surface area contributed by atoms with Crippen LogP contribution in [-0.4, -0.2) is 18.0 Å². The van der Waals surface area contributed by atoms with Gasteiger partial charge in [-0.25, -0.2) is 0 Å². The van der Waals surface area contributed by atoms with Crippen LogP contribution in [-0.2, 0) is 4.79 Å². The summed E-state index contributed by atoms with van der Waals surface area (Å²) in [6.45, 7) is 4.29. The third-order valence-corrected chi connectivity index (χ3v) is 4.88. The second kappa shape index (κ2) is 7.26. The summed E-state index contributed by atoms with van der Waals surface area (Å²) in [5.74, 6) is 0.251. The standard InChI is InChI=1S/C17H22BrN3O/c1-3-15(12-4-8-14(18)9-5-12)20-10-16(22)21-17(2,11-19)13-6-7-13/h4-5,8-9,13,15,20H,3,6-7,10H2,1-2H3,(H,21,22)/p+1/t15-,17+/m1/s1. The van der Waals surface area contributed by atoms with Gasteiger partial charge < -0.3 is 10.6 Å². The first-order valence-corrected chi connectivity index (χ1v) is 8.59. The molecule has 1 aromatic carbocycles. The van der Waals surface area contributed by atoms with Gasteiger partial charge in [-0.1, -0.05) is 35.0 Å². The molecule has 1 saturated carbocycles. The molecule has 1 amide bonds. The number of rotatable bonds is 7. The second-order valence-corrected chi connectivity index (χ2v) is 7.06. The number of nitrogens with one attached hydrogen (secondary N) is 1. The molecular formula is C17H23BrN3O+. The minimum atomic E-state index is -0.704. The van der Waals surface area contributed by atoms with Gasteiger partial charge in [-0.05, 0) is 37.8 Å². The third-order valence-electron chi connectivity index (χ3n) is 4.35. The Labute approximate surface area is 140 Å². The van der Waals surface area contributed by atoms with Gasteiger partial charge in [0.1, 0.15) is 11.6 Å². The monoisotopic (exact) mass is 364 g/mol. The Morgan fingerprint density at radius 1 is 1.50 bits per heavy atom. The summed E-state index contributed by atoms with van der Waals surface area (Å²) < 4.78 is 1.05. The van der Waals surface area contributed by atoms with Crippen LogP contribution >= 0.6 is 15.9 Å². The largest absolute Gasteiger partial charge is 0.333 e. The minimum absolute atomic E-state index is 0.0634. The summed E-state index contributed by atoms with van der Waals surface area (Å²) in [7, 11) is 0. The van der Waals surface area contributed by atoms with E-state index >= 15 is 0 Å². The van der Waals surface area contributed by atoms with Crippen molar-refractivity contribution in [1.29, 1.82) is 5.26 Å². The van der Waals surface area contributed by atoms with Gasteiger partial charge in [0.05, 0.1) is 6.07 Å². The average Bonchev–Trinajstić information content (AvgIpc) is 3.34. The van der Waals surface area contributed by atoms with Gasteiger partial charge in [0.2, 0.25) is 0 Å². The predicted octanol–water partition coefficient (Wildman–Crippen LogP) is 2.27. The van der Waals surface area contributed by atoms with Crippen LogP contribution in [0.1, 0.15) is 44.7 Å². The number of nitrogens with zero attached hydrogens (tertiary/aromatic N) is 1. The average molecular weight is 365 g/mol. The van der Waals surface area contributed by atoms with Crippen molar-refractivity contribution in [2.45, 2.75) is 44.7 Å². The molecule has 118 valence electrons. The molecule has 4 nitrogen and oxygen atoms in total. The van der Waals surface area contributed by atoms with Gasteiger partial charge in [0.25, 0.3) is 5.91 Å². The van der Waals surface area contributed by atoms with E-state index in [0.717, 1.165) is 23.7 Å². The van der Waals surface area contributed by atoms with Crippen molar-refractivity contribution in [2.75, 3.05) is 6.54 Å². The van der Waals surface area contributed by atoms with Crippen LogP contribution in [0.25, 0.3) is 0 Å². The molecule has 22 heavy (non-hydrogen) atoms. The van der Waals surface area contributed by atoms with Crippen molar-refractivity contribution in [1.82, 2.24) is 5.32 Å². The first-order valence-electron chi connectivity index (χ1n) is 7.79. The molecule has 0 radical (unpaired) electrons. The van der Waals surface area contributed by atoms with Crippen molar-refractivity contribution in [3.8, 4) is 6.07 Å². The zero-order chi connectivity index (χ0) is 16.2. The van der Waals surface area contributed by atoms with Crippen LogP contribution in [0.5, 0.6) is 0 Å². The Kier molecular flexibility index (Phi) is 5.60. The maximum absolute atomic E-state index is 12.2. The topological polar surface area (TPSA) is 69.5 Å². The van der Waals surface area contributed by atoms with E-state index in [9.17, 15) is 10.1 Å². The van der Waals surface area contributed by atoms with Gasteiger partial charge >= 0.3 is 0 Å². The number of hydrogen-bond acceptors (Lipinski definition) is 2. The maximum Gasteiger partial charge on any atom is 0.276 e. The highest BCUT2D eigenvalue weighted by Gasteiger charge is 2.43. The number of nitrogens with two attached hydrogens (primary N) is 1. The molecule has 0 spiro atoms. The van der Waals surface area contributed by atoms with Gasteiger partial charge in [0, 0.05) is 16.5 Å². The summed E-state index contributed by atoms with van der Waals surface area (Å²) in [4.78, 5) is 12.2. The molecule has 0 bridgehead atoms. The van der Waals surface area contributed by atoms with Gasteiger partial charge in [-0.2, -0.15) is 5.26 Å². The lowest BCUT2D eigenvalue weighted by atomic mass is 9.98. The highest BCUT2D eigenvalue weighted by Crippen LogP contribution is 2.39. The first-order chi connectivity index (χ1) is 10.5. The Bertz CT molecular complexity index is 562. The Balaban J connectivity index is 1.89. The first kappa shape index (κ1) is 17.0. The number of benzene rings is 1. The molecule has 0 aromatic heterocycles. The number of hydrogen-bond donors (Lipinski definition) is 2. The molecule has 1 aliphatic carbocycles. The Morgan fingerprint density at radius 3 is 2.64 bits per heavy atom. The second-order valence-electron chi connectivity index (χ2n) is 6.14. The fourth-order valence-corrected chi connectivity index (χ4v) is 2.98. The normalized spacial score (nSPS) is 18.1. The molecule has 1 aromatic rings. The van der Waals surface area contributed by atoms with Crippen molar-refractivity contribution >= 4 is 21.8 Å². The van der Waals surface area contributed by atoms with Gasteiger partial charge in [-0.15, -0.1) is 0 Å². The Morgan fingerprint density at radius 2 is 2.14 bits per heavy atom. The van der Waals surface area contributed by atoms with E-state index in [1.54, 1.807) is 0 Å². The van der Waals surface area contributed by atoms with Crippen LogP contribution in [0.4, 0.5) is 0 Å². The van der Waals surface area contributed by atoms with E-state index in [2.05, 4.69) is 46.4 Å². The van der Waals surface area contributed by atoms with E-state index < -0.39 is 5.54 Å². The lowest BCUT2D eigenvalue weighted by Gasteiger charge is -2.23. The maximum atomic E-state index is 12.2. The fraction of sp³-hybridized carbons (Fsp3) is 0.529. The quantitative estimate of drug-likeness (QED) is 0.778. The van der Waals surface area contributed by atoms with Crippen LogP contribution < -0.4 is 10.6 Å². The minimum Gasteiger partial charge on any atom is -0.333 e. The molecule has 0 aliphatic heterocycles. The predicted molar refractivity (Wildman–Crippen MR) is 88.9 cm³/mol. The number of halogens is 1. The van der Waals surface area contributed by atoms with Gasteiger partial charge in [-0.3, -0.25) is 4.79 Å². The molecule has 0 unspecified atom stereocenters. The van der Waals surface area contributed by atoms with Gasteiger partial charge in [0.15, 0.2) is 6.54 Å². The highest BCUT2D eigenvalue weighted by atomic mass is 79.9. The molecular weight excluding hydrogens is 342 g/mol. The number of quaternary nitrogens is 1. The molecule has 2 rings (SSSR count).